The minimum Gasteiger partial charge on any atom is -0.352 e. The Hall–Kier alpha value is -2.44. The highest BCUT2D eigenvalue weighted by atomic mass is 16.1. The van der Waals surface area contributed by atoms with E-state index in [-0.39, 0.29) is 11.6 Å². The predicted molar refractivity (Wildman–Crippen MR) is 99.1 cm³/mol. The number of aromatic nitrogens is 4. The third-order valence-corrected chi connectivity index (χ3v) is 4.51. The number of rotatable bonds is 5. The van der Waals surface area contributed by atoms with E-state index >= 15 is 0 Å². The van der Waals surface area contributed by atoms with Crippen LogP contribution in [0.15, 0.2) is 29.2 Å². The molecule has 0 bridgehead atoms. The standard InChI is InChI=1S/C18H26N6O/c1-13(2)24-17(25)8-7-16(22-24)23-11-5-4-6-15(23)12-20-18-19-10-9-14(3)21-18/h7-10,13,15H,4-6,11-12H2,1-3H3,(H,19,20,21). The molecule has 0 radical (unpaired) electrons. The second kappa shape index (κ2) is 7.63. The molecule has 2 aromatic heterocycles. The van der Waals surface area contributed by atoms with Gasteiger partial charge in [0, 0.05) is 37.1 Å². The van der Waals surface area contributed by atoms with Crippen molar-refractivity contribution in [3.63, 3.8) is 0 Å². The Kier molecular flexibility index (Phi) is 5.31. The maximum atomic E-state index is 12.0. The number of hydrogen-bond donors (Lipinski definition) is 1. The predicted octanol–water partition coefficient (Wildman–Crippen LogP) is 2.39. The third-order valence-electron chi connectivity index (χ3n) is 4.51. The molecule has 0 aliphatic carbocycles. The molecule has 0 saturated carbocycles. The average Bonchev–Trinajstić information content (AvgIpc) is 2.60. The maximum absolute atomic E-state index is 12.0. The normalized spacial score (nSPS) is 17.8. The van der Waals surface area contributed by atoms with Crippen LogP contribution in [-0.4, -0.2) is 38.9 Å². The minimum absolute atomic E-state index is 0.0505. The number of aryl methyl sites for hydroxylation is 1. The van der Waals surface area contributed by atoms with Gasteiger partial charge in [-0.2, -0.15) is 5.10 Å². The molecule has 1 fully saturated rings. The maximum Gasteiger partial charge on any atom is 0.267 e. The summed E-state index contributed by atoms with van der Waals surface area (Å²) in [5.41, 5.74) is 0.891. The van der Waals surface area contributed by atoms with Crippen LogP contribution in [0, 0.1) is 6.92 Å². The van der Waals surface area contributed by atoms with Gasteiger partial charge in [0.2, 0.25) is 5.95 Å². The number of piperidine rings is 1. The fourth-order valence-corrected chi connectivity index (χ4v) is 3.20. The molecule has 0 amide bonds. The lowest BCUT2D eigenvalue weighted by atomic mass is 10.0. The van der Waals surface area contributed by atoms with Gasteiger partial charge < -0.3 is 10.2 Å². The highest BCUT2D eigenvalue weighted by Gasteiger charge is 2.24. The molecule has 7 nitrogen and oxygen atoms in total. The summed E-state index contributed by atoms with van der Waals surface area (Å²) in [5, 5.41) is 7.93. The highest BCUT2D eigenvalue weighted by molar-refractivity contribution is 5.40. The Bertz CT molecular complexity index is 772. The van der Waals surface area contributed by atoms with Gasteiger partial charge in [-0.15, -0.1) is 0 Å². The van der Waals surface area contributed by atoms with E-state index in [2.05, 4.69) is 25.3 Å². The molecule has 1 unspecified atom stereocenters. The molecule has 1 aliphatic rings. The molecule has 2 aromatic rings. The molecular weight excluding hydrogens is 316 g/mol. The van der Waals surface area contributed by atoms with Gasteiger partial charge in [-0.3, -0.25) is 4.79 Å². The van der Waals surface area contributed by atoms with E-state index in [0.29, 0.717) is 12.0 Å². The first-order valence-corrected chi connectivity index (χ1v) is 8.94. The van der Waals surface area contributed by atoms with E-state index in [4.69, 9.17) is 0 Å². The van der Waals surface area contributed by atoms with Crippen LogP contribution < -0.4 is 15.8 Å². The Morgan fingerprint density at radius 3 is 2.88 bits per heavy atom. The third kappa shape index (κ3) is 4.15. The molecule has 3 rings (SSSR count). The Morgan fingerprint density at radius 1 is 1.28 bits per heavy atom. The van der Waals surface area contributed by atoms with E-state index in [9.17, 15) is 4.79 Å². The van der Waals surface area contributed by atoms with Gasteiger partial charge in [0.1, 0.15) is 5.82 Å². The van der Waals surface area contributed by atoms with Crippen LogP contribution in [0.2, 0.25) is 0 Å². The summed E-state index contributed by atoms with van der Waals surface area (Å²) in [7, 11) is 0. The van der Waals surface area contributed by atoms with E-state index in [1.807, 2.05) is 32.9 Å². The monoisotopic (exact) mass is 342 g/mol. The Morgan fingerprint density at radius 2 is 2.12 bits per heavy atom. The summed E-state index contributed by atoms with van der Waals surface area (Å²) in [5.74, 6) is 1.52. The fourth-order valence-electron chi connectivity index (χ4n) is 3.20. The van der Waals surface area contributed by atoms with Crippen molar-refractivity contribution >= 4 is 11.8 Å². The zero-order valence-corrected chi connectivity index (χ0v) is 15.1. The van der Waals surface area contributed by atoms with E-state index in [0.717, 1.165) is 37.4 Å². The number of nitrogens with zero attached hydrogens (tertiary/aromatic N) is 5. The molecule has 7 heteroatoms. The van der Waals surface area contributed by atoms with Crippen LogP contribution in [0.4, 0.5) is 11.8 Å². The quantitative estimate of drug-likeness (QED) is 0.899. The summed E-state index contributed by atoms with van der Waals surface area (Å²) in [6, 6.07) is 5.70. The molecule has 1 aliphatic heterocycles. The van der Waals surface area contributed by atoms with Crippen LogP contribution in [0.3, 0.4) is 0 Å². The van der Waals surface area contributed by atoms with Crippen molar-refractivity contribution in [2.45, 2.75) is 52.1 Å². The van der Waals surface area contributed by atoms with Gasteiger partial charge in [0.15, 0.2) is 0 Å². The molecule has 1 saturated heterocycles. The first-order valence-electron chi connectivity index (χ1n) is 8.94. The Balaban J connectivity index is 1.77. The van der Waals surface area contributed by atoms with Crippen molar-refractivity contribution < 1.29 is 0 Å². The van der Waals surface area contributed by atoms with E-state index in [1.165, 1.54) is 6.42 Å². The van der Waals surface area contributed by atoms with Crippen molar-refractivity contribution in [3.8, 4) is 0 Å². The molecule has 3 heterocycles. The molecule has 0 spiro atoms. The fraction of sp³-hybridized carbons (Fsp3) is 0.556. The summed E-state index contributed by atoms with van der Waals surface area (Å²) in [6.45, 7) is 7.61. The molecule has 1 N–H and O–H groups in total. The van der Waals surface area contributed by atoms with Crippen molar-refractivity contribution in [1.29, 1.82) is 0 Å². The van der Waals surface area contributed by atoms with Crippen molar-refractivity contribution in [1.82, 2.24) is 19.7 Å². The summed E-state index contributed by atoms with van der Waals surface area (Å²) >= 11 is 0. The molecule has 25 heavy (non-hydrogen) atoms. The average molecular weight is 342 g/mol. The summed E-state index contributed by atoms with van der Waals surface area (Å²) < 4.78 is 1.55. The van der Waals surface area contributed by atoms with E-state index < -0.39 is 0 Å². The van der Waals surface area contributed by atoms with Crippen molar-refractivity contribution in [3.05, 3.63) is 40.4 Å². The second-order valence-electron chi connectivity index (χ2n) is 6.81. The van der Waals surface area contributed by atoms with Crippen LogP contribution in [-0.2, 0) is 0 Å². The van der Waals surface area contributed by atoms with Gasteiger partial charge >= 0.3 is 0 Å². The molecular formula is C18H26N6O. The topological polar surface area (TPSA) is 75.9 Å². The van der Waals surface area contributed by atoms with E-state index in [1.54, 1.807) is 16.9 Å². The lowest BCUT2D eigenvalue weighted by Crippen LogP contribution is -2.45. The SMILES string of the molecule is Cc1ccnc(NCC2CCCCN2c2ccc(=O)n(C(C)C)n2)n1. The first kappa shape index (κ1) is 17.4. The number of nitrogens with one attached hydrogen (secondary N) is 1. The minimum atomic E-state index is -0.0569. The van der Waals surface area contributed by atoms with Gasteiger partial charge in [0.05, 0.1) is 6.04 Å². The van der Waals surface area contributed by atoms with Crippen LogP contribution >= 0.6 is 0 Å². The van der Waals surface area contributed by atoms with Crippen molar-refractivity contribution in [2.75, 3.05) is 23.3 Å². The zero-order valence-electron chi connectivity index (χ0n) is 15.1. The Labute approximate surface area is 148 Å². The highest BCUT2D eigenvalue weighted by Crippen LogP contribution is 2.23. The van der Waals surface area contributed by atoms with Gasteiger partial charge in [-0.05, 0) is 52.2 Å². The lowest BCUT2D eigenvalue weighted by molar-refractivity contribution is 0.451. The smallest absolute Gasteiger partial charge is 0.267 e. The summed E-state index contributed by atoms with van der Waals surface area (Å²) in [4.78, 5) is 22.9. The molecule has 0 aromatic carbocycles. The number of hydrogen-bond acceptors (Lipinski definition) is 6. The van der Waals surface area contributed by atoms with Gasteiger partial charge in [-0.1, -0.05) is 0 Å². The zero-order chi connectivity index (χ0) is 17.8. The first-order chi connectivity index (χ1) is 12.0. The van der Waals surface area contributed by atoms with Gasteiger partial charge in [0.25, 0.3) is 5.56 Å². The van der Waals surface area contributed by atoms with Crippen LogP contribution in [0.25, 0.3) is 0 Å². The number of anilines is 2. The van der Waals surface area contributed by atoms with Crippen molar-refractivity contribution in [2.24, 2.45) is 0 Å². The summed E-state index contributed by atoms with van der Waals surface area (Å²) in [6.07, 6.45) is 5.19. The molecule has 134 valence electrons. The molecule has 1 atom stereocenters. The largest absolute Gasteiger partial charge is 0.352 e. The van der Waals surface area contributed by atoms with Crippen LogP contribution in [0.1, 0.15) is 44.8 Å². The lowest BCUT2D eigenvalue weighted by Gasteiger charge is -2.37. The second-order valence-corrected chi connectivity index (χ2v) is 6.81. The van der Waals surface area contributed by atoms with Gasteiger partial charge in [-0.25, -0.2) is 14.6 Å². The van der Waals surface area contributed by atoms with Crippen LogP contribution in [0.5, 0.6) is 0 Å².